The number of aliphatic hydroxyl groups is 1. The van der Waals surface area contributed by atoms with Crippen LogP contribution in [0.25, 0.3) is 0 Å². The van der Waals surface area contributed by atoms with E-state index in [-0.39, 0.29) is 18.6 Å². The number of carbonyl (C=O) groups excluding carboxylic acids is 1. The predicted molar refractivity (Wildman–Crippen MR) is 62.1 cm³/mol. The van der Waals surface area contributed by atoms with E-state index in [4.69, 9.17) is 5.11 Å². The van der Waals surface area contributed by atoms with Crippen LogP contribution in [0.4, 0.5) is 5.69 Å². The Bertz CT molecular complexity index is 352. The van der Waals surface area contributed by atoms with Gasteiger partial charge in [0.05, 0.1) is 13.7 Å². The number of benzene rings is 1. The van der Waals surface area contributed by atoms with Gasteiger partial charge < -0.3 is 15.2 Å². The van der Waals surface area contributed by atoms with Gasteiger partial charge in [-0.25, -0.2) is 4.79 Å². The van der Waals surface area contributed by atoms with E-state index in [1.165, 1.54) is 7.11 Å². The van der Waals surface area contributed by atoms with Crippen molar-refractivity contribution in [1.29, 1.82) is 0 Å². The van der Waals surface area contributed by atoms with Crippen molar-refractivity contribution in [2.24, 2.45) is 0 Å². The largest absolute Gasteiger partial charge is 0.467 e. The van der Waals surface area contributed by atoms with Gasteiger partial charge in [-0.2, -0.15) is 0 Å². The molecule has 0 aromatic heterocycles. The number of hydrogen-bond acceptors (Lipinski definition) is 4. The summed E-state index contributed by atoms with van der Waals surface area (Å²) in [5.41, 5.74) is 1.62. The smallest absolute Gasteiger partial charge is 0.328 e. The maximum Gasteiger partial charge on any atom is 0.328 e. The molecule has 0 saturated carbocycles. The SMILES string of the molecule is CCC(Nc1cccc(CO)c1)C(=O)OC. The Morgan fingerprint density at radius 3 is 2.88 bits per heavy atom. The number of hydrogen-bond donors (Lipinski definition) is 2. The standard InChI is InChI=1S/C12H17NO3/c1-3-11(12(15)16-2)13-10-6-4-5-9(7-10)8-14/h4-7,11,13-14H,3,8H2,1-2H3. The molecule has 1 unspecified atom stereocenters. The molecule has 0 aliphatic carbocycles. The van der Waals surface area contributed by atoms with Crippen molar-refractivity contribution in [3.63, 3.8) is 0 Å². The normalized spacial score (nSPS) is 11.9. The molecule has 1 rings (SSSR count). The van der Waals surface area contributed by atoms with Crippen molar-refractivity contribution in [2.75, 3.05) is 12.4 Å². The molecule has 4 heteroatoms. The Kier molecular flexibility index (Phi) is 4.79. The van der Waals surface area contributed by atoms with Crippen molar-refractivity contribution in [3.8, 4) is 0 Å². The second-order valence-electron chi connectivity index (χ2n) is 3.49. The molecule has 0 bridgehead atoms. The number of methoxy groups -OCH3 is 1. The number of esters is 1. The summed E-state index contributed by atoms with van der Waals surface area (Å²) in [7, 11) is 1.37. The summed E-state index contributed by atoms with van der Waals surface area (Å²) in [6.45, 7) is 1.90. The van der Waals surface area contributed by atoms with E-state index in [1.807, 2.05) is 31.2 Å². The Hall–Kier alpha value is -1.55. The van der Waals surface area contributed by atoms with Crippen LogP contribution in [0.15, 0.2) is 24.3 Å². The van der Waals surface area contributed by atoms with Crippen LogP contribution in [0.5, 0.6) is 0 Å². The van der Waals surface area contributed by atoms with Crippen molar-refractivity contribution >= 4 is 11.7 Å². The van der Waals surface area contributed by atoms with Gasteiger partial charge in [0.25, 0.3) is 0 Å². The van der Waals surface area contributed by atoms with E-state index in [2.05, 4.69) is 10.1 Å². The molecule has 0 fully saturated rings. The number of anilines is 1. The quantitative estimate of drug-likeness (QED) is 0.743. The average molecular weight is 223 g/mol. The zero-order valence-electron chi connectivity index (χ0n) is 9.56. The van der Waals surface area contributed by atoms with Crippen LogP contribution in [0.3, 0.4) is 0 Å². The first kappa shape index (κ1) is 12.5. The van der Waals surface area contributed by atoms with Gasteiger partial charge in [0.1, 0.15) is 6.04 Å². The van der Waals surface area contributed by atoms with E-state index in [9.17, 15) is 4.79 Å². The highest BCUT2D eigenvalue weighted by atomic mass is 16.5. The lowest BCUT2D eigenvalue weighted by Gasteiger charge is -2.16. The maximum atomic E-state index is 11.4. The highest BCUT2D eigenvalue weighted by molar-refractivity contribution is 5.79. The minimum Gasteiger partial charge on any atom is -0.467 e. The summed E-state index contributed by atoms with van der Waals surface area (Å²) in [4.78, 5) is 11.4. The van der Waals surface area contributed by atoms with Gasteiger partial charge >= 0.3 is 5.97 Å². The van der Waals surface area contributed by atoms with E-state index >= 15 is 0 Å². The summed E-state index contributed by atoms with van der Waals surface area (Å²) < 4.78 is 4.68. The first-order chi connectivity index (χ1) is 7.71. The average Bonchev–Trinajstić information content (AvgIpc) is 2.35. The molecule has 16 heavy (non-hydrogen) atoms. The zero-order valence-corrected chi connectivity index (χ0v) is 9.56. The second kappa shape index (κ2) is 6.12. The predicted octanol–water partition coefficient (Wildman–Crippen LogP) is 1.54. The van der Waals surface area contributed by atoms with E-state index in [1.54, 1.807) is 0 Å². The van der Waals surface area contributed by atoms with Gasteiger partial charge in [-0.05, 0) is 24.1 Å². The topological polar surface area (TPSA) is 58.6 Å². The number of carbonyl (C=O) groups is 1. The van der Waals surface area contributed by atoms with Gasteiger partial charge in [0.2, 0.25) is 0 Å². The summed E-state index contributed by atoms with van der Waals surface area (Å²) in [5, 5.41) is 12.1. The minimum atomic E-state index is -0.348. The third-order valence-corrected chi connectivity index (χ3v) is 2.34. The molecular formula is C12H17NO3. The fourth-order valence-electron chi connectivity index (χ4n) is 1.43. The highest BCUT2D eigenvalue weighted by Crippen LogP contribution is 2.13. The van der Waals surface area contributed by atoms with Gasteiger partial charge in [0.15, 0.2) is 0 Å². The van der Waals surface area contributed by atoms with Crippen molar-refractivity contribution < 1.29 is 14.6 Å². The van der Waals surface area contributed by atoms with Crippen LogP contribution in [-0.2, 0) is 16.1 Å². The monoisotopic (exact) mass is 223 g/mol. The maximum absolute atomic E-state index is 11.4. The van der Waals surface area contributed by atoms with Crippen LogP contribution in [-0.4, -0.2) is 24.2 Å². The third-order valence-electron chi connectivity index (χ3n) is 2.34. The molecule has 4 nitrogen and oxygen atoms in total. The molecule has 0 amide bonds. The molecule has 0 radical (unpaired) electrons. The molecule has 0 heterocycles. The Labute approximate surface area is 95.2 Å². The van der Waals surface area contributed by atoms with Gasteiger partial charge in [-0.1, -0.05) is 19.1 Å². The molecule has 0 spiro atoms. The third kappa shape index (κ3) is 3.24. The number of rotatable bonds is 5. The summed E-state index contributed by atoms with van der Waals surface area (Å²) in [6.07, 6.45) is 0.649. The number of nitrogens with one attached hydrogen (secondary N) is 1. The van der Waals surface area contributed by atoms with Crippen LogP contribution < -0.4 is 5.32 Å². The van der Waals surface area contributed by atoms with E-state index in [0.717, 1.165) is 11.3 Å². The van der Waals surface area contributed by atoms with E-state index < -0.39 is 0 Å². The lowest BCUT2D eigenvalue weighted by atomic mass is 10.1. The number of ether oxygens (including phenoxy) is 1. The molecule has 0 aliphatic heterocycles. The van der Waals surface area contributed by atoms with Crippen LogP contribution in [0.2, 0.25) is 0 Å². The molecule has 88 valence electrons. The van der Waals surface area contributed by atoms with Crippen molar-refractivity contribution in [2.45, 2.75) is 26.0 Å². The molecule has 1 atom stereocenters. The summed E-state index contributed by atoms with van der Waals surface area (Å²) in [6, 6.07) is 6.97. The van der Waals surface area contributed by atoms with Crippen LogP contribution >= 0.6 is 0 Å². The fourth-order valence-corrected chi connectivity index (χ4v) is 1.43. The first-order valence-electron chi connectivity index (χ1n) is 5.25. The summed E-state index contributed by atoms with van der Waals surface area (Å²) in [5.74, 6) is -0.281. The fraction of sp³-hybridized carbons (Fsp3) is 0.417. The highest BCUT2D eigenvalue weighted by Gasteiger charge is 2.16. The zero-order chi connectivity index (χ0) is 12.0. The minimum absolute atomic E-state index is 0.00939. The van der Waals surface area contributed by atoms with Crippen LogP contribution in [0.1, 0.15) is 18.9 Å². The Morgan fingerprint density at radius 1 is 1.56 bits per heavy atom. The van der Waals surface area contributed by atoms with Crippen molar-refractivity contribution in [1.82, 2.24) is 0 Å². The Morgan fingerprint density at radius 2 is 2.31 bits per heavy atom. The first-order valence-corrected chi connectivity index (χ1v) is 5.25. The molecular weight excluding hydrogens is 206 g/mol. The van der Waals surface area contributed by atoms with E-state index in [0.29, 0.717) is 6.42 Å². The lowest BCUT2D eigenvalue weighted by molar-refractivity contribution is -0.141. The molecule has 0 saturated heterocycles. The van der Waals surface area contributed by atoms with Gasteiger partial charge in [-0.15, -0.1) is 0 Å². The van der Waals surface area contributed by atoms with Gasteiger partial charge in [0, 0.05) is 5.69 Å². The molecule has 1 aromatic rings. The van der Waals surface area contributed by atoms with Crippen LogP contribution in [0, 0.1) is 0 Å². The molecule has 0 aliphatic rings. The second-order valence-corrected chi connectivity index (χ2v) is 3.49. The number of aliphatic hydroxyl groups excluding tert-OH is 1. The molecule has 1 aromatic carbocycles. The van der Waals surface area contributed by atoms with Crippen molar-refractivity contribution in [3.05, 3.63) is 29.8 Å². The summed E-state index contributed by atoms with van der Waals surface area (Å²) >= 11 is 0. The van der Waals surface area contributed by atoms with Gasteiger partial charge in [-0.3, -0.25) is 0 Å². The Balaban J connectivity index is 2.73. The lowest BCUT2D eigenvalue weighted by Crippen LogP contribution is -2.29. The molecule has 2 N–H and O–H groups in total.